The van der Waals surface area contributed by atoms with E-state index in [1.807, 2.05) is 0 Å². The maximum absolute atomic E-state index is 13.7. The van der Waals surface area contributed by atoms with Crippen molar-refractivity contribution in [2.75, 3.05) is 33.7 Å². The van der Waals surface area contributed by atoms with Crippen LogP contribution in [0.4, 0.5) is 13.6 Å². The quantitative estimate of drug-likeness (QED) is 0.895. The van der Waals surface area contributed by atoms with Gasteiger partial charge in [-0.05, 0) is 64.4 Å². The molecule has 24 heavy (non-hydrogen) atoms. The van der Waals surface area contributed by atoms with Gasteiger partial charge in [0.05, 0.1) is 0 Å². The Labute approximate surface area is 142 Å². The number of rotatable bonds is 5. The minimum absolute atomic E-state index is 0.0169. The van der Waals surface area contributed by atoms with Crippen molar-refractivity contribution >= 4 is 6.03 Å². The molecule has 0 bridgehead atoms. The van der Waals surface area contributed by atoms with E-state index in [1.165, 1.54) is 18.2 Å². The van der Waals surface area contributed by atoms with E-state index >= 15 is 0 Å². The first kappa shape index (κ1) is 18.6. The van der Waals surface area contributed by atoms with Gasteiger partial charge in [0.25, 0.3) is 0 Å². The molecule has 4 nitrogen and oxygen atoms in total. The largest absolute Gasteiger partial charge is 0.335 e. The lowest BCUT2D eigenvalue weighted by Crippen LogP contribution is -2.45. The Morgan fingerprint density at radius 3 is 2.50 bits per heavy atom. The van der Waals surface area contributed by atoms with Crippen LogP contribution in [-0.4, -0.2) is 55.6 Å². The highest BCUT2D eigenvalue weighted by Crippen LogP contribution is 2.17. The number of amides is 2. The van der Waals surface area contributed by atoms with Crippen LogP contribution in [0.2, 0.25) is 0 Å². The second kappa shape index (κ2) is 8.42. The first-order valence-electron chi connectivity index (χ1n) is 8.50. The van der Waals surface area contributed by atoms with Gasteiger partial charge in [0.2, 0.25) is 0 Å². The lowest BCUT2D eigenvalue weighted by Gasteiger charge is -2.32. The number of hydrogen-bond donors (Lipinski definition) is 1. The summed E-state index contributed by atoms with van der Waals surface area (Å²) in [6.45, 7) is 4.58. The third kappa shape index (κ3) is 5.16. The van der Waals surface area contributed by atoms with Crippen LogP contribution in [0.15, 0.2) is 18.2 Å². The Bertz CT molecular complexity index is 539. The minimum atomic E-state index is -0.573. The van der Waals surface area contributed by atoms with E-state index in [-0.39, 0.29) is 24.1 Å². The molecule has 0 saturated carbocycles. The summed E-state index contributed by atoms with van der Waals surface area (Å²) in [6, 6.07) is 3.27. The second-order valence-electron chi connectivity index (χ2n) is 6.88. The average Bonchev–Trinajstić information content (AvgIpc) is 2.53. The van der Waals surface area contributed by atoms with Gasteiger partial charge in [-0.15, -0.1) is 0 Å². The maximum atomic E-state index is 13.7. The molecule has 0 unspecified atom stereocenters. The molecule has 1 N–H and O–H groups in total. The number of urea groups is 1. The third-order valence-corrected chi connectivity index (χ3v) is 4.66. The fourth-order valence-electron chi connectivity index (χ4n) is 3.12. The zero-order valence-electron chi connectivity index (χ0n) is 14.7. The molecule has 1 atom stereocenters. The van der Waals surface area contributed by atoms with Gasteiger partial charge in [-0.1, -0.05) is 6.07 Å². The van der Waals surface area contributed by atoms with Gasteiger partial charge in [0, 0.05) is 25.2 Å². The third-order valence-electron chi connectivity index (χ3n) is 4.66. The topological polar surface area (TPSA) is 35.6 Å². The monoisotopic (exact) mass is 339 g/mol. The van der Waals surface area contributed by atoms with E-state index in [1.54, 1.807) is 18.9 Å². The Hall–Kier alpha value is -1.69. The van der Waals surface area contributed by atoms with Crippen molar-refractivity contribution in [3.63, 3.8) is 0 Å². The number of nitrogens with one attached hydrogen (secondary N) is 1. The highest BCUT2D eigenvalue weighted by molar-refractivity contribution is 5.74. The number of carbonyl (C=O) groups excluding carboxylic acids is 1. The van der Waals surface area contributed by atoms with Crippen LogP contribution >= 0.6 is 0 Å². The summed E-state index contributed by atoms with van der Waals surface area (Å²) < 4.78 is 27.4. The summed E-state index contributed by atoms with van der Waals surface area (Å²) in [6.07, 6.45) is 2.31. The molecule has 1 aromatic rings. The number of likely N-dealkylation sites (tertiary alicyclic amines) is 1. The van der Waals surface area contributed by atoms with E-state index in [0.717, 1.165) is 25.9 Å². The number of halogens is 2. The Morgan fingerprint density at radius 1 is 1.33 bits per heavy atom. The van der Waals surface area contributed by atoms with Crippen molar-refractivity contribution in [1.82, 2.24) is 15.1 Å². The Balaban J connectivity index is 1.82. The molecular formula is C18H27F2N3O. The van der Waals surface area contributed by atoms with Gasteiger partial charge < -0.3 is 15.1 Å². The standard InChI is InChI=1S/C18H27F2N3O/c1-13(11-15-16(19)5-4-6-17(15)20)21-18(24)23(3)12-14-7-9-22(2)10-8-14/h4-6,13-14H,7-12H2,1-3H3,(H,21,24)/t13-/m1/s1. The van der Waals surface area contributed by atoms with E-state index in [2.05, 4.69) is 17.3 Å². The number of nitrogens with zero attached hydrogens (tertiary/aromatic N) is 2. The van der Waals surface area contributed by atoms with Crippen LogP contribution in [0.3, 0.4) is 0 Å². The van der Waals surface area contributed by atoms with Gasteiger partial charge >= 0.3 is 6.03 Å². The van der Waals surface area contributed by atoms with Crippen LogP contribution in [-0.2, 0) is 6.42 Å². The van der Waals surface area contributed by atoms with E-state index in [4.69, 9.17) is 0 Å². The van der Waals surface area contributed by atoms with Crippen molar-refractivity contribution in [3.8, 4) is 0 Å². The van der Waals surface area contributed by atoms with Gasteiger partial charge in [-0.3, -0.25) is 0 Å². The van der Waals surface area contributed by atoms with Crippen molar-refractivity contribution in [2.45, 2.75) is 32.2 Å². The van der Waals surface area contributed by atoms with Crippen LogP contribution in [0.25, 0.3) is 0 Å². The zero-order chi connectivity index (χ0) is 17.7. The summed E-state index contributed by atoms with van der Waals surface area (Å²) in [5.74, 6) is -0.636. The highest BCUT2D eigenvalue weighted by Gasteiger charge is 2.21. The summed E-state index contributed by atoms with van der Waals surface area (Å²) in [5.41, 5.74) is 0.0169. The summed E-state index contributed by atoms with van der Waals surface area (Å²) in [7, 11) is 3.88. The van der Waals surface area contributed by atoms with Gasteiger partial charge in [0.15, 0.2) is 0 Å². The van der Waals surface area contributed by atoms with Crippen molar-refractivity contribution < 1.29 is 13.6 Å². The van der Waals surface area contributed by atoms with E-state index < -0.39 is 11.6 Å². The summed E-state index contributed by atoms with van der Waals surface area (Å²) >= 11 is 0. The second-order valence-corrected chi connectivity index (χ2v) is 6.88. The van der Waals surface area contributed by atoms with Crippen molar-refractivity contribution in [1.29, 1.82) is 0 Å². The molecule has 6 heteroatoms. The minimum Gasteiger partial charge on any atom is -0.335 e. The predicted octanol–water partition coefficient (Wildman–Crippen LogP) is 2.88. The number of piperidine rings is 1. The summed E-state index contributed by atoms with van der Waals surface area (Å²) in [5, 5.41) is 2.82. The molecule has 1 aliphatic heterocycles. The lowest BCUT2D eigenvalue weighted by atomic mass is 9.97. The molecule has 2 amide bonds. The molecule has 2 rings (SSSR count). The Kier molecular flexibility index (Phi) is 6.54. The van der Waals surface area contributed by atoms with Crippen molar-refractivity contribution in [2.24, 2.45) is 5.92 Å². The molecule has 0 spiro atoms. The van der Waals surface area contributed by atoms with E-state index in [0.29, 0.717) is 12.5 Å². The molecule has 0 aromatic heterocycles. The molecule has 0 radical (unpaired) electrons. The average molecular weight is 339 g/mol. The van der Waals surface area contributed by atoms with Crippen LogP contribution in [0.5, 0.6) is 0 Å². The van der Waals surface area contributed by atoms with E-state index in [9.17, 15) is 13.6 Å². The summed E-state index contributed by atoms with van der Waals surface area (Å²) in [4.78, 5) is 16.2. The number of benzene rings is 1. The Morgan fingerprint density at radius 2 is 1.92 bits per heavy atom. The van der Waals surface area contributed by atoms with Gasteiger partial charge in [0.1, 0.15) is 11.6 Å². The first-order chi connectivity index (χ1) is 11.4. The molecule has 1 aliphatic rings. The molecule has 1 saturated heterocycles. The molecule has 134 valence electrons. The van der Waals surface area contributed by atoms with Crippen LogP contribution in [0, 0.1) is 17.6 Å². The zero-order valence-corrected chi connectivity index (χ0v) is 14.7. The van der Waals surface area contributed by atoms with Crippen LogP contribution < -0.4 is 5.32 Å². The van der Waals surface area contributed by atoms with Crippen molar-refractivity contribution in [3.05, 3.63) is 35.4 Å². The molecule has 1 fully saturated rings. The molecule has 1 heterocycles. The number of hydrogen-bond acceptors (Lipinski definition) is 2. The van der Waals surface area contributed by atoms with Gasteiger partial charge in [-0.25, -0.2) is 13.6 Å². The fourth-order valence-corrected chi connectivity index (χ4v) is 3.12. The molecule has 0 aliphatic carbocycles. The molecule has 1 aromatic carbocycles. The highest BCUT2D eigenvalue weighted by atomic mass is 19.1. The normalized spacial score (nSPS) is 17.5. The predicted molar refractivity (Wildman–Crippen MR) is 90.9 cm³/mol. The van der Waals surface area contributed by atoms with Crippen LogP contribution in [0.1, 0.15) is 25.3 Å². The molecular weight excluding hydrogens is 312 g/mol. The van der Waals surface area contributed by atoms with Gasteiger partial charge in [-0.2, -0.15) is 0 Å². The fraction of sp³-hybridized carbons (Fsp3) is 0.611. The maximum Gasteiger partial charge on any atom is 0.317 e. The number of carbonyl (C=O) groups is 1. The first-order valence-corrected chi connectivity index (χ1v) is 8.50. The smallest absolute Gasteiger partial charge is 0.317 e. The lowest BCUT2D eigenvalue weighted by molar-refractivity contribution is 0.168. The SMILES string of the molecule is C[C@H](Cc1c(F)cccc1F)NC(=O)N(C)CC1CCN(C)CC1.